The zero-order valence-corrected chi connectivity index (χ0v) is 8.76. The smallest absolute Gasteiger partial charge is 0.234 e. The predicted molar refractivity (Wildman–Crippen MR) is 61.8 cm³/mol. The number of hydrogen-bond donors (Lipinski definition) is 2. The average Bonchev–Trinajstić information content (AvgIpc) is 2.26. The molecule has 0 spiro atoms. The number of carbonyl (C=O) groups excluding carboxylic acids is 1. The van der Waals surface area contributed by atoms with E-state index < -0.39 is 11.9 Å². The Hall–Kier alpha value is -1.61. The van der Waals surface area contributed by atoms with Crippen LogP contribution in [0.3, 0.4) is 0 Å². The highest BCUT2D eigenvalue weighted by Gasteiger charge is 2.14. The summed E-state index contributed by atoms with van der Waals surface area (Å²) in [6.07, 6.45) is 3.83. The molecule has 1 aromatic rings. The summed E-state index contributed by atoms with van der Waals surface area (Å²) in [7, 11) is 0. The molecule has 0 bridgehead atoms. The van der Waals surface area contributed by atoms with Crippen molar-refractivity contribution in [1.29, 1.82) is 0 Å². The van der Waals surface area contributed by atoms with Gasteiger partial charge in [-0.3, -0.25) is 4.79 Å². The van der Waals surface area contributed by atoms with Crippen molar-refractivity contribution in [3.63, 3.8) is 0 Å². The third-order valence-electron chi connectivity index (χ3n) is 2.29. The lowest BCUT2D eigenvalue weighted by atomic mass is 10.0. The summed E-state index contributed by atoms with van der Waals surface area (Å²) < 4.78 is 0. The highest BCUT2D eigenvalue weighted by atomic mass is 16.1. The SMILES string of the molecule is CC(/C=C/c1ccccc1)C(N)C(N)=O. The van der Waals surface area contributed by atoms with Crippen LogP contribution in [0.5, 0.6) is 0 Å². The normalized spacial score (nSPS) is 15.1. The van der Waals surface area contributed by atoms with E-state index in [4.69, 9.17) is 11.5 Å². The first-order chi connectivity index (χ1) is 7.11. The van der Waals surface area contributed by atoms with Gasteiger partial charge in [-0.2, -0.15) is 0 Å². The van der Waals surface area contributed by atoms with E-state index in [0.717, 1.165) is 5.56 Å². The fourth-order valence-electron chi connectivity index (χ4n) is 1.21. The molecule has 3 heteroatoms. The molecule has 0 radical (unpaired) electrons. The van der Waals surface area contributed by atoms with E-state index in [-0.39, 0.29) is 5.92 Å². The van der Waals surface area contributed by atoms with Crippen LogP contribution in [0.15, 0.2) is 36.4 Å². The molecule has 80 valence electrons. The number of benzene rings is 1. The van der Waals surface area contributed by atoms with E-state index in [9.17, 15) is 4.79 Å². The summed E-state index contributed by atoms with van der Waals surface area (Å²) in [5, 5.41) is 0. The molecule has 15 heavy (non-hydrogen) atoms. The topological polar surface area (TPSA) is 69.1 Å². The molecule has 0 heterocycles. The Bertz CT molecular complexity index is 346. The van der Waals surface area contributed by atoms with Crippen molar-refractivity contribution in [3.05, 3.63) is 42.0 Å². The van der Waals surface area contributed by atoms with Crippen LogP contribution in [0.25, 0.3) is 6.08 Å². The Balaban J connectivity index is 2.62. The van der Waals surface area contributed by atoms with Gasteiger partial charge in [0, 0.05) is 0 Å². The summed E-state index contributed by atoms with van der Waals surface area (Å²) in [5.74, 6) is -0.525. The van der Waals surface area contributed by atoms with Crippen molar-refractivity contribution in [2.24, 2.45) is 17.4 Å². The molecule has 1 amide bonds. The number of hydrogen-bond acceptors (Lipinski definition) is 2. The molecule has 0 aliphatic heterocycles. The molecule has 0 fully saturated rings. The zero-order valence-electron chi connectivity index (χ0n) is 8.76. The van der Waals surface area contributed by atoms with Crippen molar-refractivity contribution in [3.8, 4) is 0 Å². The monoisotopic (exact) mass is 204 g/mol. The average molecular weight is 204 g/mol. The molecule has 0 aromatic heterocycles. The summed E-state index contributed by atoms with van der Waals surface area (Å²) in [6.45, 7) is 1.87. The first-order valence-electron chi connectivity index (χ1n) is 4.89. The van der Waals surface area contributed by atoms with Crippen LogP contribution >= 0.6 is 0 Å². The standard InChI is InChI=1S/C12H16N2O/c1-9(11(13)12(14)15)7-8-10-5-3-2-4-6-10/h2-9,11H,13H2,1H3,(H2,14,15)/b8-7+. The van der Waals surface area contributed by atoms with Gasteiger partial charge in [-0.15, -0.1) is 0 Å². The summed E-state index contributed by atoms with van der Waals surface area (Å²) in [4.78, 5) is 10.8. The van der Waals surface area contributed by atoms with E-state index in [1.165, 1.54) is 0 Å². The van der Waals surface area contributed by atoms with Crippen LogP contribution in [0, 0.1) is 5.92 Å². The Morgan fingerprint density at radius 3 is 2.47 bits per heavy atom. The highest BCUT2D eigenvalue weighted by Crippen LogP contribution is 2.07. The number of nitrogens with two attached hydrogens (primary N) is 2. The molecule has 3 nitrogen and oxygen atoms in total. The van der Waals surface area contributed by atoms with Crippen LogP contribution in [-0.2, 0) is 4.79 Å². The maximum Gasteiger partial charge on any atom is 0.234 e. The van der Waals surface area contributed by atoms with Gasteiger partial charge in [0.25, 0.3) is 0 Å². The first kappa shape index (κ1) is 11.5. The third kappa shape index (κ3) is 3.56. The fourth-order valence-corrected chi connectivity index (χ4v) is 1.21. The minimum absolute atomic E-state index is 0.0530. The zero-order chi connectivity index (χ0) is 11.3. The molecule has 2 unspecified atom stereocenters. The number of rotatable bonds is 4. The van der Waals surface area contributed by atoms with E-state index in [1.807, 2.05) is 49.4 Å². The molecule has 0 aliphatic rings. The largest absolute Gasteiger partial charge is 0.368 e. The van der Waals surface area contributed by atoms with Gasteiger partial charge >= 0.3 is 0 Å². The van der Waals surface area contributed by atoms with E-state index in [0.29, 0.717) is 0 Å². The van der Waals surface area contributed by atoms with Crippen molar-refractivity contribution in [1.82, 2.24) is 0 Å². The molecule has 4 N–H and O–H groups in total. The van der Waals surface area contributed by atoms with Crippen LogP contribution < -0.4 is 11.5 Å². The Kier molecular flexibility index (Phi) is 4.06. The van der Waals surface area contributed by atoms with Gasteiger partial charge in [0.05, 0.1) is 6.04 Å². The molecule has 0 saturated carbocycles. The maximum absolute atomic E-state index is 10.8. The van der Waals surface area contributed by atoms with E-state index in [2.05, 4.69) is 0 Å². The van der Waals surface area contributed by atoms with E-state index >= 15 is 0 Å². The predicted octanol–water partition coefficient (Wildman–Crippen LogP) is 1.15. The number of amides is 1. The molecule has 0 aliphatic carbocycles. The lowest BCUT2D eigenvalue weighted by Crippen LogP contribution is -2.40. The van der Waals surface area contributed by atoms with Crippen molar-refractivity contribution in [2.75, 3.05) is 0 Å². The quantitative estimate of drug-likeness (QED) is 0.772. The minimum atomic E-state index is -0.620. The summed E-state index contributed by atoms with van der Waals surface area (Å²) >= 11 is 0. The molecular formula is C12H16N2O. The van der Waals surface area contributed by atoms with Crippen LogP contribution in [0.4, 0.5) is 0 Å². The maximum atomic E-state index is 10.8. The Morgan fingerprint density at radius 2 is 1.93 bits per heavy atom. The third-order valence-corrected chi connectivity index (χ3v) is 2.29. The minimum Gasteiger partial charge on any atom is -0.368 e. The molecule has 1 rings (SSSR count). The van der Waals surface area contributed by atoms with Gasteiger partial charge in [-0.1, -0.05) is 49.4 Å². The van der Waals surface area contributed by atoms with Gasteiger partial charge in [0.2, 0.25) is 5.91 Å². The molecular weight excluding hydrogens is 188 g/mol. The molecule has 2 atom stereocenters. The van der Waals surface area contributed by atoms with Gasteiger partial charge < -0.3 is 11.5 Å². The second kappa shape index (κ2) is 5.32. The second-order valence-electron chi connectivity index (χ2n) is 3.56. The van der Waals surface area contributed by atoms with Gasteiger partial charge in [0.1, 0.15) is 0 Å². The number of primary amides is 1. The van der Waals surface area contributed by atoms with Gasteiger partial charge in [0.15, 0.2) is 0 Å². The van der Waals surface area contributed by atoms with Crippen molar-refractivity contribution >= 4 is 12.0 Å². The molecule has 1 aromatic carbocycles. The second-order valence-corrected chi connectivity index (χ2v) is 3.56. The van der Waals surface area contributed by atoms with Crippen LogP contribution in [0.1, 0.15) is 12.5 Å². The van der Waals surface area contributed by atoms with Crippen LogP contribution in [0.2, 0.25) is 0 Å². The number of carbonyl (C=O) groups is 1. The Morgan fingerprint density at radius 1 is 1.33 bits per heavy atom. The van der Waals surface area contributed by atoms with Crippen molar-refractivity contribution in [2.45, 2.75) is 13.0 Å². The highest BCUT2D eigenvalue weighted by molar-refractivity contribution is 5.80. The van der Waals surface area contributed by atoms with E-state index in [1.54, 1.807) is 0 Å². The lowest BCUT2D eigenvalue weighted by molar-refractivity contribution is -0.119. The summed E-state index contributed by atoms with van der Waals surface area (Å²) in [5.41, 5.74) is 11.8. The van der Waals surface area contributed by atoms with Crippen molar-refractivity contribution < 1.29 is 4.79 Å². The van der Waals surface area contributed by atoms with Gasteiger partial charge in [-0.25, -0.2) is 0 Å². The lowest BCUT2D eigenvalue weighted by Gasteiger charge is -2.11. The van der Waals surface area contributed by atoms with Crippen LogP contribution in [-0.4, -0.2) is 11.9 Å². The Labute approximate surface area is 89.8 Å². The summed E-state index contributed by atoms with van der Waals surface area (Å²) in [6, 6.07) is 9.22. The van der Waals surface area contributed by atoms with Gasteiger partial charge in [-0.05, 0) is 11.5 Å². The molecule has 0 saturated heterocycles. The fraction of sp³-hybridized carbons (Fsp3) is 0.250. The first-order valence-corrected chi connectivity index (χ1v) is 4.89.